The maximum absolute atomic E-state index is 12.3. The molecule has 4 aromatic rings. The van der Waals surface area contributed by atoms with Gasteiger partial charge in [-0.15, -0.1) is 5.10 Å². The first-order valence-electron chi connectivity index (χ1n) is 9.10. The number of aromatic nitrogens is 4. The highest BCUT2D eigenvalue weighted by molar-refractivity contribution is 5.92. The number of aromatic amines is 1. The van der Waals surface area contributed by atoms with E-state index in [1.807, 2.05) is 44.2 Å². The van der Waals surface area contributed by atoms with Crippen molar-refractivity contribution in [3.05, 3.63) is 65.7 Å². The van der Waals surface area contributed by atoms with Gasteiger partial charge in [0, 0.05) is 18.3 Å². The molecule has 0 aliphatic carbocycles. The van der Waals surface area contributed by atoms with Crippen LogP contribution in [0.15, 0.2) is 53.2 Å². The summed E-state index contributed by atoms with van der Waals surface area (Å²) in [7, 11) is 0. The van der Waals surface area contributed by atoms with Crippen molar-refractivity contribution >= 4 is 22.8 Å². The Labute approximate surface area is 166 Å². The number of anilines is 1. The monoisotopic (exact) mass is 392 g/mol. The van der Waals surface area contributed by atoms with Crippen LogP contribution in [0.2, 0.25) is 0 Å². The van der Waals surface area contributed by atoms with Crippen LogP contribution in [0.4, 0.5) is 10.6 Å². The number of urea groups is 1. The Morgan fingerprint density at radius 1 is 1.28 bits per heavy atom. The second-order valence-electron chi connectivity index (χ2n) is 6.60. The molecule has 0 saturated carbocycles. The van der Waals surface area contributed by atoms with Crippen molar-refractivity contribution in [3.8, 4) is 5.88 Å². The van der Waals surface area contributed by atoms with Gasteiger partial charge < -0.3 is 14.6 Å². The largest absolute Gasteiger partial charge is 0.468 e. The molecule has 0 aliphatic rings. The topological polar surface area (TPSA) is 118 Å². The number of pyridine rings is 1. The third-order valence-electron chi connectivity index (χ3n) is 4.33. The molecular weight excluding hydrogens is 372 g/mol. The van der Waals surface area contributed by atoms with Crippen LogP contribution in [0.1, 0.15) is 30.0 Å². The van der Waals surface area contributed by atoms with Gasteiger partial charge in [0.2, 0.25) is 5.88 Å². The highest BCUT2D eigenvalue weighted by Crippen LogP contribution is 2.24. The standard InChI is InChI=1S/C20H20N6O3/c1-12-8-15(29-26-12)11-28-19-16-10-21-18(9-17(16)24-25-19)23-20(27)22-13(2)14-6-4-3-5-7-14/h3-10,13H,11H2,1-2H3,(H,24,25)(H2,21,22,23,27). The number of amides is 2. The minimum absolute atomic E-state index is 0.133. The van der Waals surface area contributed by atoms with Gasteiger partial charge in [0.25, 0.3) is 0 Å². The second kappa shape index (κ2) is 8.01. The minimum Gasteiger partial charge on any atom is -0.468 e. The molecule has 9 heteroatoms. The van der Waals surface area contributed by atoms with E-state index in [1.54, 1.807) is 18.3 Å². The lowest BCUT2D eigenvalue weighted by molar-refractivity contribution is 0.243. The average molecular weight is 392 g/mol. The number of nitrogens with one attached hydrogen (secondary N) is 3. The maximum Gasteiger partial charge on any atom is 0.320 e. The highest BCUT2D eigenvalue weighted by Gasteiger charge is 2.13. The van der Waals surface area contributed by atoms with Gasteiger partial charge in [-0.2, -0.15) is 0 Å². The zero-order valence-electron chi connectivity index (χ0n) is 16.0. The molecule has 0 radical (unpaired) electrons. The molecule has 1 aromatic carbocycles. The fraction of sp³-hybridized carbons (Fsp3) is 0.200. The fourth-order valence-electron chi connectivity index (χ4n) is 2.87. The smallest absolute Gasteiger partial charge is 0.320 e. The van der Waals surface area contributed by atoms with Gasteiger partial charge in [0.15, 0.2) is 12.4 Å². The molecule has 3 N–H and O–H groups in total. The molecule has 4 rings (SSSR count). The number of aryl methyl sites for hydroxylation is 1. The van der Waals surface area contributed by atoms with E-state index >= 15 is 0 Å². The van der Waals surface area contributed by atoms with E-state index in [9.17, 15) is 4.79 Å². The van der Waals surface area contributed by atoms with Crippen LogP contribution >= 0.6 is 0 Å². The lowest BCUT2D eigenvalue weighted by atomic mass is 10.1. The summed E-state index contributed by atoms with van der Waals surface area (Å²) >= 11 is 0. The first kappa shape index (κ1) is 18.5. The number of H-pyrrole nitrogens is 1. The van der Waals surface area contributed by atoms with Gasteiger partial charge in [-0.1, -0.05) is 35.5 Å². The van der Waals surface area contributed by atoms with Crippen molar-refractivity contribution in [3.63, 3.8) is 0 Å². The van der Waals surface area contributed by atoms with Crippen LogP contribution in [0.5, 0.6) is 5.88 Å². The maximum atomic E-state index is 12.3. The van der Waals surface area contributed by atoms with E-state index in [1.165, 1.54) is 0 Å². The summed E-state index contributed by atoms with van der Waals surface area (Å²) in [5.74, 6) is 1.40. The third kappa shape index (κ3) is 4.34. The predicted molar refractivity (Wildman–Crippen MR) is 106 cm³/mol. The van der Waals surface area contributed by atoms with E-state index in [-0.39, 0.29) is 18.7 Å². The summed E-state index contributed by atoms with van der Waals surface area (Å²) < 4.78 is 10.8. The lowest BCUT2D eigenvalue weighted by Gasteiger charge is -2.14. The van der Waals surface area contributed by atoms with E-state index in [0.717, 1.165) is 11.3 Å². The molecule has 148 valence electrons. The van der Waals surface area contributed by atoms with Crippen LogP contribution in [0.3, 0.4) is 0 Å². The zero-order valence-corrected chi connectivity index (χ0v) is 16.0. The summed E-state index contributed by atoms with van der Waals surface area (Å²) in [6.07, 6.45) is 1.59. The predicted octanol–water partition coefficient (Wildman–Crippen LogP) is 3.72. The molecule has 29 heavy (non-hydrogen) atoms. The lowest BCUT2D eigenvalue weighted by Crippen LogP contribution is -2.31. The van der Waals surface area contributed by atoms with Crippen LogP contribution in [0, 0.1) is 6.92 Å². The molecule has 1 unspecified atom stereocenters. The number of benzene rings is 1. The normalized spacial score (nSPS) is 11.9. The Morgan fingerprint density at radius 3 is 2.86 bits per heavy atom. The third-order valence-corrected chi connectivity index (χ3v) is 4.33. The van der Waals surface area contributed by atoms with Crippen molar-refractivity contribution in [2.45, 2.75) is 26.5 Å². The van der Waals surface area contributed by atoms with Gasteiger partial charge in [-0.25, -0.2) is 9.78 Å². The molecular formula is C20H20N6O3. The zero-order chi connectivity index (χ0) is 20.2. The van der Waals surface area contributed by atoms with E-state index in [4.69, 9.17) is 9.26 Å². The van der Waals surface area contributed by atoms with Gasteiger partial charge in [0.05, 0.1) is 22.6 Å². The number of rotatable bonds is 6. The molecule has 0 saturated heterocycles. The SMILES string of the molecule is Cc1cc(COc2n[nH]c3cc(NC(=O)NC(C)c4ccccc4)ncc23)on1. The Kier molecular flexibility index (Phi) is 5.10. The van der Waals surface area contributed by atoms with Crippen molar-refractivity contribution < 1.29 is 14.1 Å². The Bertz CT molecular complexity index is 1120. The number of carbonyl (C=O) groups excluding carboxylic acids is 1. The van der Waals surface area contributed by atoms with Gasteiger partial charge in [-0.3, -0.25) is 10.4 Å². The summed E-state index contributed by atoms with van der Waals surface area (Å²) in [5, 5.41) is 17.2. The molecule has 3 aromatic heterocycles. The van der Waals surface area contributed by atoms with Gasteiger partial charge >= 0.3 is 6.03 Å². The number of carbonyl (C=O) groups is 1. The van der Waals surface area contributed by atoms with E-state index in [0.29, 0.717) is 28.4 Å². The number of fused-ring (bicyclic) bond motifs is 1. The molecule has 0 bridgehead atoms. The van der Waals surface area contributed by atoms with Gasteiger partial charge in [0.1, 0.15) is 5.82 Å². The molecule has 9 nitrogen and oxygen atoms in total. The first-order chi connectivity index (χ1) is 14.1. The van der Waals surface area contributed by atoms with Crippen LogP contribution in [-0.4, -0.2) is 26.4 Å². The minimum atomic E-state index is -0.343. The first-order valence-corrected chi connectivity index (χ1v) is 9.10. The number of nitrogens with zero attached hydrogens (tertiary/aromatic N) is 3. The van der Waals surface area contributed by atoms with Crippen LogP contribution in [0.25, 0.3) is 10.9 Å². The van der Waals surface area contributed by atoms with Crippen molar-refractivity contribution in [1.29, 1.82) is 0 Å². The second-order valence-corrected chi connectivity index (χ2v) is 6.60. The molecule has 0 spiro atoms. The summed E-state index contributed by atoms with van der Waals surface area (Å²) in [6, 6.07) is 12.7. The van der Waals surface area contributed by atoms with Crippen LogP contribution < -0.4 is 15.4 Å². The van der Waals surface area contributed by atoms with Crippen molar-refractivity contribution in [2.24, 2.45) is 0 Å². The molecule has 0 fully saturated rings. The molecule has 3 heterocycles. The molecule has 0 aliphatic heterocycles. The summed E-state index contributed by atoms with van der Waals surface area (Å²) in [5.41, 5.74) is 2.49. The Morgan fingerprint density at radius 2 is 2.10 bits per heavy atom. The number of ether oxygens (including phenoxy) is 1. The Hall–Kier alpha value is -3.88. The molecule has 2 amide bonds. The van der Waals surface area contributed by atoms with E-state index < -0.39 is 0 Å². The number of hydrogen-bond acceptors (Lipinski definition) is 6. The van der Waals surface area contributed by atoms with Crippen molar-refractivity contribution in [1.82, 2.24) is 25.7 Å². The Balaban J connectivity index is 1.39. The van der Waals surface area contributed by atoms with Crippen molar-refractivity contribution in [2.75, 3.05) is 5.32 Å². The highest BCUT2D eigenvalue weighted by atomic mass is 16.5. The summed E-state index contributed by atoms with van der Waals surface area (Å²) in [6.45, 7) is 3.97. The van der Waals surface area contributed by atoms with E-state index in [2.05, 4.69) is 31.0 Å². The quantitative estimate of drug-likeness (QED) is 0.460. The van der Waals surface area contributed by atoms with Gasteiger partial charge in [-0.05, 0) is 19.4 Å². The average Bonchev–Trinajstić information content (AvgIpc) is 3.32. The molecule has 1 atom stereocenters. The number of hydrogen-bond donors (Lipinski definition) is 3. The fourth-order valence-corrected chi connectivity index (χ4v) is 2.87. The summed E-state index contributed by atoms with van der Waals surface area (Å²) in [4.78, 5) is 16.5. The van der Waals surface area contributed by atoms with Crippen LogP contribution in [-0.2, 0) is 6.61 Å².